The monoisotopic (exact) mass is 425 g/mol. The van der Waals surface area contributed by atoms with E-state index in [1.165, 1.54) is 23.3 Å². The van der Waals surface area contributed by atoms with Crippen LogP contribution in [0, 0.1) is 11.8 Å². The molecule has 5 N–H and O–H groups in total. The summed E-state index contributed by atoms with van der Waals surface area (Å²) in [4.78, 5) is 36.4. The van der Waals surface area contributed by atoms with Crippen LogP contribution in [0.15, 0.2) is 18.2 Å². The van der Waals surface area contributed by atoms with E-state index in [4.69, 9.17) is 17.3 Å². The van der Waals surface area contributed by atoms with Gasteiger partial charge in [0.25, 0.3) is 5.91 Å². The van der Waals surface area contributed by atoms with Gasteiger partial charge in [0.2, 0.25) is 11.8 Å². The van der Waals surface area contributed by atoms with Crippen LogP contribution in [0.4, 0.5) is 5.69 Å². The van der Waals surface area contributed by atoms with Crippen LogP contribution in [0.2, 0.25) is 0 Å². The summed E-state index contributed by atoms with van der Waals surface area (Å²) in [5, 5.41) is 3.89. The fraction of sp³-hybridized carbons (Fsp3) is 0.550. The van der Waals surface area contributed by atoms with Gasteiger partial charge in [-0.1, -0.05) is 40.5 Å². The first-order chi connectivity index (χ1) is 13.7. The third-order valence-corrected chi connectivity index (χ3v) is 4.91. The lowest BCUT2D eigenvalue weighted by atomic mass is 10.1. The second-order valence-corrected chi connectivity index (χ2v) is 7.50. The van der Waals surface area contributed by atoms with Gasteiger partial charge in [-0.2, -0.15) is 0 Å². The Morgan fingerprint density at radius 2 is 1.52 bits per heavy atom. The molecule has 0 fully saturated rings. The lowest BCUT2D eigenvalue weighted by Crippen LogP contribution is -2.54. The van der Waals surface area contributed by atoms with Gasteiger partial charge in [0, 0.05) is 29.9 Å². The van der Waals surface area contributed by atoms with Gasteiger partial charge in [-0.3, -0.25) is 14.4 Å². The highest BCUT2D eigenvalue weighted by Gasteiger charge is 2.20. The van der Waals surface area contributed by atoms with Crippen LogP contribution in [0.5, 0.6) is 0 Å². The van der Waals surface area contributed by atoms with Crippen molar-refractivity contribution in [3.05, 3.63) is 29.3 Å². The molecule has 0 saturated heterocycles. The summed E-state index contributed by atoms with van der Waals surface area (Å²) >= 11 is 5.53. The maximum atomic E-state index is 13.1. The molecule has 0 aliphatic rings. The van der Waals surface area contributed by atoms with Crippen molar-refractivity contribution >= 4 is 35.0 Å². The SMILES string of the molecule is CCC(C)CNN(NCC(C)CC)C(=O)c1cc(NC(=O)CCl)cc(C(N)=O)c1. The highest BCUT2D eigenvalue weighted by atomic mass is 35.5. The average molecular weight is 426 g/mol. The van der Waals surface area contributed by atoms with E-state index in [1.807, 2.05) is 0 Å². The molecule has 0 bridgehead atoms. The topological polar surface area (TPSA) is 117 Å². The molecule has 162 valence electrons. The van der Waals surface area contributed by atoms with Gasteiger partial charge in [-0.05, 0) is 30.0 Å². The highest BCUT2D eigenvalue weighted by molar-refractivity contribution is 6.29. The van der Waals surface area contributed by atoms with E-state index < -0.39 is 11.8 Å². The predicted molar refractivity (Wildman–Crippen MR) is 115 cm³/mol. The van der Waals surface area contributed by atoms with Gasteiger partial charge in [0.15, 0.2) is 0 Å². The fourth-order valence-electron chi connectivity index (χ4n) is 2.27. The first-order valence-corrected chi connectivity index (χ1v) is 10.4. The number of nitrogens with zero attached hydrogens (tertiary/aromatic N) is 1. The van der Waals surface area contributed by atoms with Gasteiger partial charge in [0.05, 0.1) is 0 Å². The molecular formula is C20H32ClN5O3. The van der Waals surface area contributed by atoms with Crippen molar-refractivity contribution < 1.29 is 14.4 Å². The van der Waals surface area contributed by atoms with Crippen LogP contribution in [0.25, 0.3) is 0 Å². The van der Waals surface area contributed by atoms with E-state index in [0.29, 0.717) is 24.9 Å². The molecule has 3 amide bonds. The third kappa shape index (κ3) is 8.39. The van der Waals surface area contributed by atoms with Crippen LogP contribution in [0.3, 0.4) is 0 Å². The van der Waals surface area contributed by atoms with E-state index in [0.717, 1.165) is 12.8 Å². The molecule has 29 heavy (non-hydrogen) atoms. The molecule has 2 atom stereocenters. The van der Waals surface area contributed by atoms with Crippen molar-refractivity contribution in [3.8, 4) is 0 Å². The number of carbonyl (C=O) groups is 3. The number of primary amides is 1. The highest BCUT2D eigenvalue weighted by Crippen LogP contribution is 2.17. The number of carbonyl (C=O) groups excluding carboxylic acids is 3. The summed E-state index contributed by atoms with van der Waals surface area (Å²) in [6.07, 6.45) is 1.93. The Hall–Kier alpha value is -2.16. The molecule has 0 spiro atoms. The maximum Gasteiger partial charge on any atom is 0.282 e. The Balaban J connectivity index is 3.15. The first-order valence-electron chi connectivity index (χ1n) is 9.83. The number of hydrogen-bond acceptors (Lipinski definition) is 5. The minimum absolute atomic E-state index is 0.115. The number of halogens is 1. The molecular weight excluding hydrogens is 394 g/mol. The minimum atomic E-state index is -0.701. The Morgan fingerprint density at radius 3 is 1.97 bits per heavy atom. The van der Waals surface area contributed by atoms with Crippen molar-refractivity contribution in [1.29, 1.82) is 0 Å². The Kier molecular flexibility index (Phi) is 10.6. The second kappa shape index (κ2) is 12.4. The zero-order chi connectivity index (χ0) is 22.0. The molecule has 0 heterocycles. The molecule has 8 nitrogen and oxygen atoms in total. The van der Waals surface area contributed by atoms with Crippen LogP contribution >= 0.6 is 11.6 Å². The lowest BCUT2D eigenvalue weighted by molar-refractivity contribution is -0.113. The number of amides is 3. The Labute approximate surface area is 177 Å². The van der Waals surface area contributed by atoms with E-state index in [-0.39, 0.29) is 28.6 Å². The van der Waals surface area contributed by atoms with E-state index in [1.54, 1.807) is 0 Å². The van der Waals surface area contributed by atoms with Gasteiger partial charge in [-0.15, -0.1) is 11.6 Å². The normalized spacial score (nSPS) is 12.9. The zero-order valence-corrected chi connectivity index (χ0v) is 18.3. The third-order valence-electron chi connectivity index (χ3n) is 4.66. The van der Waals surface area contributed by atoms with Crippen molar-refractivity contribution in [2.24, 2.45) is 17.6 Å². The van der Waals surface area contributed by atoms with E-state index in [9.17, 15) is 14.4 Å². The molecule has 0 radical (unpaired) electrons. The molecule has 9 heteroatoms. The largest absolute Gasteiger partial charge is 0.366 e. The van der Waals surface area contributed by atoms with Crippen molar-refractivity contribution in [2.45, 2.75) is 40.5 Å². The number of hydrogen-bond donors (Lipinski definition) is 4. The summed E-state index contributed by atoms with van der Waals surface area (Å²) in [5.74, 6) is -1.05. The van der Waals surface area contributed by atoms with E-state index in [2.05, 4.69) is 43.9 Å². The van der Waals surface area contributed by atoms with Gasteiger partial charge in [0.1, 0.15) is 5.88 Å². The quantitative estimate of drug-likeness (QED) is 0.303. The number of hydrazine groups is 2. The number of rotatable bonds is 12. The van der Waals surface area contributed by atoms with Crippen molar-refractivity contribution in [3.63, 3.8) is 0 Å². The van der Waals surface area contributed by atoms with E-state index >= 15 is 0 Å². The smallest absolute Gasteiger partial charge is 0.282 e. The standard InChI is InChI=1S/C20H32ClN5O3/c1-5-13(3)11-23-26(24-12-14(4)6-2)20(29)16-7-15(19(22)28)8-17(9-16)25-18(27)10-21/h7-9,13-14,23-24H,5-6,10-12H2,1-4H3,(H2,22,28)(H,25,27). The maximum absolute atomic E-state index is 13.1. The summed E-state index contributed by atoms with van der Waals surface area (Å²) in [7, 11) is 0. The molecule has 0 aliphatic carbocycles. The van der Waals surface area contributed by atoms with Crippen LogP contribution < -0.4 is 21.9 Å². The van der Waals surface area contributed by atoms with Crippen molar-refractivity contribution in [1.82, 2.24) is 16.0 Å². The predicted octanol–water partition coefficient (Wildman–Crippen LogP) is 2.51. The summed E-state index contributed by atoms with van der Waals surface area (Å²) in [5.41, 5.74) is 12.2. The number of nitrogens with one attached hydrogen (secondary N) is 3. The van der Waals surface area contributed by atoms with Crippen LogP contribution in [-0.2, 0) is 4.79 Å². The fourth-order valence-corrected chi connectivity index (χ4v) is 2.34. The molecule has 0 saturated carbocycles. The molecule has 0 aromatic heterocycles. The average Bonchev–Trinajstić information content (AvgIpc) is 2.72. The number of anilines is 1. The second-order valence-electron chi connectivity index (χ2n) is 7.24. The number of benzene rings is 1. The van der Waals surface area contributed by atoms with Crippen molar-refractivity contribution in [2.75, 3.05) is 24.3 Å². The number of alkyl halides is 1. The molecule has 2 unspecified atom stereocenters. The summed E-state index contributed by atoms with van der Waals surface area (Å²) in [6, 6.07) is 4.30. The van der Waals surface area contributed by atoms with Gasteiger partial charge in [-0.25, -0.2) is 16.0 Å². The molecule has 1 aromatic rings. The Morgan fingerprint density at radius 1 is 1.00 bits per heavy atom. The first kappa shape index (κ1) is 24.9. The molecule has 1 aromatic carbocycles. The van der Waals surface area contributed by atoms with Crippen LogP contribution in [-0.4, -0.2) is 41.8 Å². The lowest BCUT2D eigenvalue weighted by Gasteiger charge is -2.27. The zero-order valence-electron chi connectivity index (χ0n) is 17.5. The molecule has 0 aliphatic heterocycles. The molecule has 1 rings (SSSR count). The Bertz CT molecular complexity index is 699. The van der Waals surface area contributed by atoms with Crippen LogP contribution in [0.1, 0.15) is 61.3 Å². The number of nitrogens with two attached hydrogens (primary N) is 1. The summed E-state index contributed by atoms with van der Waals surface area (Å²) in [6.45, 7) is 9.51. The van der Waals surface area contributed by atoms with Gasteiger partial charge >= 0.3 is 0 Å². The van der Waals surface area contributed by atoms with Gasteiger partial charge < -0.3 is 11.1 Å². The summed E-state index contributed by atoms with van der Waals surface area (Å²) < 4.78 is 0. The minimum Gasteiger partial charge on any atom is -0.366 e.